The first-order valence-corrected chi connectivity index (χ1v) is 11.5. The van der Waals surface area contributed by atoms with Gasteiger partial charge in [-0.3, -0.25) is 29.3 Å². The second-order valence-electron chi connectivity index (χ2n) is 9.43. The molecule has 3 saturated heterocycles. The van der Waals surface area contributed by atoms with Gasteiger partial charge in [0.2, 0.25) is 11.8 Å². The van der Waals surface area contributed by atoms with Crippen molar-refractivity contribution in [3.63, 3.8) is 0 Å². The Morgan fingerprint density at radius 2 is 2.03 bits per heavy atom. The maximum Gasteiger partial charge on any atom is 0.314 e. The maximum absolute atomic E-state index is 13.1. The zero-order valence-electron chi connectivity index (χ0n) is 18.7. The number of imide groups is 1. The van der Waals surface area contributed by atoms with E-state index in [2.05, 4.69) is 15.6 Å². The lowest BCUT2D eigenvalue weighted by Gasteiger charge is -2.29. The van der Waals surface area contributed by atoms with Crippen LogP contribution in [0, 0.1) is 5.41 Å². The van der Waals surface area contributed by atoms with Crippen molar-refractivity contribution < 1.29 is 28.7 Å². The van der Waals surface area contributed by atoms with Crippen LogP contribution in [0.15, 0.2) is 24.4 Å². The van der Waals surface area contributed by atoms with E-state index in [-0.39, 0.29) is 42.4 Å². The van der Waals surface area contributed by atoms with Crippen molar-refractivity contribution in [1.29, 1.82) is 0 Å². The number of likely N-dealkylation sites (tertiary alicyclic amines) is 1. The normalized spacial score (nSPS) is 25.9. The number of nitrogens with one attached hydrogen (secondary N) is 1. The summed E-state index contributed by atoms with van der Waals surface area (Å²) in [4.78, 5) is 64.9. The van der Waals surface area contributed by atoms with Crippen LogP contribution in [0.4, 0.5) is 0 Å². The Balaban J connectivity index is 1.19. The highest BCUT2D eigenvalue weighted by Crippen LogP contribution is 2.39. The summed E-state index contributed by atoms with van der Waals surface area (Å²) in [6.07, 6.45) is 3.17. The monoisotopic (exact) mass is 478 g/mol. The van der Waals surface area contributed by atoms with Gasteiger partial charge in [0.05, 0.1) is 23.9 Å². The predicted octanol–water partition coefficient (Wildman–Crippen LogP) is -0.192. The van der Waals surface area contributed by atoms with Gasteiger partial charge in [-0.1, -0.05) is 11.3 Å². The first-order valence-electron chi connectivity index (χ1n) is 11.5. The van der Waals surface area contributed by atoms with Crippen LogP contribution in [-0.4, -0.2) is 80.1 Å². The van der Waals surface area contributed by atoms with Gasteiger partial charge < -0.3 is 14.5 Å². The number of fused-ring (bicyclic) bond motifs is 1. The third-order valence-corrected chi connectivity index (χ3v) is 7.38. The number of aromatic nitrogens is 3. The summed E-state index contributed by atoms with van der Waals surface area (Å²) >= 11 is 0. The minimum Gasteiger partial charge on any atom is -0.465 e. The molecule has 12 nitrogen and oxygen atoms in total. The van der Waals surface area contributed by atoms with Gasteiger partial charge in [0.25, 0.3) is 11.8 Å². The molecular weight excluding hydrogens is 456 g/mol. The summed E-state index contributed by atoms with van der Waals surface area (Å²) < 4.78 is 6.53. The van der Waals surface area contributed by atoms with Gasteiger partial charge >= 0.3 is 5.97 Å². The van der Waals surface area contributed by atoms with Crippen molar-refractivity contribution in [2.75, 3.05) is 19.7 Å². The molecule has 3 fully saturated rings. The number of hydrogen-bond donors (Lipinski definition) is 1. The van der Waals surface area contributed by atoms with E-state index in [4.69, 9.17) is 4.74 Å². The van der Waals surface area contributed by atoms with E-state index in [9.17, 15) is 24.0 Å². The molecule has 1 spiro atoms. The Morgan fingerprint density at radius 1 is 1.17 bits per heavy atom. The number of carbonyl (C=O) groups is 5. The molecule has 1 N–H and O–H groups in total. The molecule has 2 atom stereocenters. The second-order valence-corrected chi connectivity index (χ2v) is 9.43. The molecule has 2 aromatic rings. The number of esters is 1. The molecule has 0 saturated carbocycles. The Hall–Kier alpha value is -4.09. The van der Waals surface area contributed by atoms with Crippen LogP contribution < -0.4 is 5.32 Å². The van der Waals surface area contributed by atoms with E-state index in [0.717, 1.165) is 5.56 Å². The fourth-order valence-electron chi connectivity index (χ4n) is 5.35. The lowest BCUT2D eigenvalue weighted by Crippen LogP contribution is -2.52. The zero-order valence-corrected chi connectivity index (χ0v) is 18.7. The summed E-state index contributed by atoms with van der Waals surface area (Å²) in [7, 11) is 0. The van der Waals surface area contributed by atoms with E-state index in [0.29, 0.717) is 50.2 Å². The Bertz CT molecular complexity index is 1300. The first kappa shape index (κ1) is 21.4. The standard InChI is InChI=1S/C23H22N6O6/c30-18-4-3-17(19(31)24-18)28-10-13-1-2-14(9-15(13)20(28)32)29-11-16(25-26-29)21(33)27-7-5-23(12-27)6-8-35-22(23)34/h1-2,9,11,17H,3-8,10,12H2,(H,24,30,31). The van der Waals surface area contributed by atoms with Gasteiger partial charge in [-0.15, -0.1) is 5.10 Å². The van der Waals surface area contributed by atoms with Gasteiger partial charge in [-0.25, -0.2) is 4.68 Å². The summed E-state index contributed by atoms with van der Waals surface area (Å²) in [6.45, 7) is 1.42. The van der Waals surface area contributed by atoms with E-state index in [1.807, 2.05) is 0 Å². The molecule has 5 heterocycles. The molecule has 6 rings (SSSR count). The average Bonchev–Trinajstić information content (AvgIpc) is 3.62. The number of amides is 4. The van der Waals surface area contributed by atoms with E-state index in [1.165, 1.54) is 15.8 Å². The molecule has 4 aliphatic heterocycles. The number of rotatable bonds is 3. The van der Waals surface area contributed by atoms with Crippen molar-refractivity contribution in [3.05, 3.63) is 41.2 Å². The summed E-state index contributed by atoms with van der Waals surface area (Å²) in [6, 6.07) is 4.52. The molecule has 12 heteroatoms. The van der Waals surface area contributed by atoms with Crippen molar-refractivity contribution in [2.45, 2.75) is 38.3 Å². The third-order valence-electron chi connectivity index (χ3n) is 7.38. The van der Waals surface area contributed by atoms with Crippen molar-refractivity contribution in [3.8, 4) is 5.69 Å². The van der Waals surface area contributed by atoms with Crippen LogP contribution in [-0.2, 0) is 25.7 Å². The number of hydrogen-bond acceptors (Lipinski definition) is 8. The minimum absolute atomic E-state index is 0.144. The SMILES string of the molecule is O=C1CCC(N2Cc3ccc(-n4cc(C(=O)N5CCC6(CCOC6=O)C5)nn4)cc3C2=O)C(=O)N1. The molecular formula is C23H22N6O6. The molecule has 1 aromatic heterocycles. The molecule has 4 amide bonds. The Labute approximate surface area is 199 Å². The van der Waals surface area contributed by atoms with Crippen molar-refractivity contribution in [1.82, 2.24) is 30.1 Å². The van der Waals surface area contributed by atoms with Crippen LogP contribution >= 0.6 is 0 Å². The van der Waals surface area contributed by atoms with E-state index >= 15 is 0 Å². The largest absolute Gasteiger partial charge is 0.465 e. The maximum atomic E-state index is 13.1. The highest BCUT2D eigenvalue weighted by atomic mass is 16.5. The number of nitrogens with zero attached hydrogens (tertiary/aromatic N) is 5. The second kappa shape index (κ2) is 7.72. The van der Waals surface area contributed by atoms with Crippen LogP contribution in [0.3, 0.4) is 0 Å². The van der Waals surface area contributed by atoms with Crippen LogP contribution in [0.5, 0.6) is 0 Å². The molecule has 0 radical (unpaired) electrons. The van der Waals surface area contributed by atoms with Crippen molar-refractivity contribution in [2.24, 2.45) is 5.41 Å². The average molecular weight is 478 g/mol. The molecule has 4 aliphatic rings. The number of cyclic esters (lactones) is 1. The fourth-order valence-corrected chi connectivity index (χ4v) is 5.35. The van der Waals surface area contributed by atoms with Crippen molar-refractivity contribution >= 4 is 29.6 Å². The molecule has 0 aliphatic carbocycles. The Morgan fingerprint density at radius 3 is 2.80 bits per heavy atom. The highest BCUT2D eigenvalue weighted by molar-refractivity contribution is 6.05. The lowest BCUT2D eigenvalue weighted by atomic mass is 9.86. The van der Waals surface area contributed by atoms with Gasteiger partial charge in [-0.2, -0.15) is 0 Å². The van der Waals surface area contributed by atoms with Gasteiger partial charge in [-0.05, 0) is 37.0 Å². The topological polar surface area (TPSA) is 144 Å². The van der Waals surface area contributed by atoms with Crippen LogP contribution in [0.2, 0.25) is 0 Å². The molecule has 1 aromatic carbocycles. The first-order chi connectivity index (χ1) is 16.8. The van der Waals surface area contributed by atoms with Gasteiger partial charge in [0.1, 0.15) is 6.04 Å². The van der Waals surface area contributed by atoms with Gasteiger partial charge in [0.15, 0.2) is 5.69 Å². The molecule has 2 unspecified atom stereocenters. The smallest absolute Gasteiger partial charge is 0.314 e. The van der Waals surface area contributed by atoms with Gasteiger partial charge in [0, 0.05) is 31.6 Å². The molecule has 180 valence electrons. The Kier molecular flexibility index (Phi) is 4.73. The minimum atomic E-state index is -0.687. The number of piperidine rings is 1. The highest BCUT2D eigenvalue weighted by Gasteiger charge is 2.50. The van der Waals surface area contributed by atoms with E-state index < -0.39 is 17.4 Å². The lowest BCUT2D eigenvalue weighted by molar-refractivity contribution is -0.145. The quantitative estimate of drug-likeness (QED) is 0.472. The molecule has 35 heavy (non-hydrogen) atoms. The summed E-state index contributed by atoms with van der Waals surface area (Å²) in [5.41, 5.74) is 1.29. The number of ether oxygens (including phenoxy) is 1. The molecule has 0 bridgehead atoms. The van der Waals surface area contributed by atoms with Crippen LogP contribution in [0.25, 0.3) is 5.69 Å². The van der Waals surface area contributed by atoms with Crippen LogP contribution in [0.1, 0.15) is 52.1 Å². The predicted molar refractivity (Wildman–Crippen MR) is 116 cm³/mol. The number of benzene rings is 1. The fraction of sp³-hybridized carbons (Fsp3) is 0.435. The van der Waals surface area contributed by atoms with E-state index in [1.54, 1.807) is 23.1 Å². The summed E-state index contributed by atoms with van der Waals surface area (Å²) in [5.74, 6) is -1.64. The third kappa shape index (κ3) is 3.39. The number of carbonyl (C=O) groups excluding carboxylic acids is 5. The zero-order chi connectivity index (χ0) is 24.3. The summed E-state index contributed by atoms with van der Waals surface area (Å²) in [5, 5.41) is 10.4.